The number of amides is 1. The Bertz CT molecular complexity index is 858. The maximum absolute atomic E-state index is 13.0. The number of benzene rings is 2. The Hall–Kier alpha value is -2.76. The van der Waals surface area contributed by atoms with Crippen molar-refractivity contribution < 1.29 is 14.1 Å². The minimum Gasteiger partial charge on any atom is -0.356 e. The SMILES string of the molecule is CN(C)C(=O)CNC(=NCc1ccc([N+](=O)[O-])cc1)NCCc1ccc(F)cc1.I. The third-order valence-corrected chi connectivity index (χ3v) is 4.09. The first-order valence-electron chi connectivity index (χ1n) is 9.05. The number of nitro benzene ring substituents is 1. The number of carbonyl (C=O) groups excluding carboxylic acids is 1. The molecule has 0 aliphatic rings. The van der Waals surface area contributed by atoms with Crippen LogP contribution in [0.15, 0.2) is 53.5 Å². The first kappa shape index (κ1) is 25.3. The van der Waals surface area contributed by atoms with Crippen LogP contribution in [0.2, 0.25) is 0 Å². The van der Waals surface area contributed by atoms with Gasteiger partial charge in [-0.1, -0.05) is 24.3 Å². The van der Waals surface area contributed by atoms with Crippen molar-refractivity contribution in [3.8, 4) is 0 Å². The zero-order valence-electron chi connectivity index (χ0n) is 16.8. The number of carbonyl (C=O) groups is 1. The molecule has 10 heteroatoms. The van der Waals surface area contributed by atoms with E-state index in [1.165, 1.54) is 29.2 Å². The van der Waals surface area contributed by atoms with Crippen LogP contribution >= 0.6 is 24.0 Å². The molecule has 30 heavy (non-hydrogen) atoms. The van der Waals surface area contributed by atoms with E-state index in [0.29, 0.717) is 25.5 Å². The maximum Gasteiger partial charge on any atom is 0.269 e. The number of nitrogens with one attached hydrogen (secondary N) is 2. The maximum atomic E-state index is 13.0. The molecule has 0 saturated heterocycles. The monoisotopic (exact) mass is 529 g/mol. The van der Waals surface area contributed by atoms with Gasteiger partial charge in [-0.2, -0.15) is 0 Å². The van der Waals surface area contributed by atoms with Gasteiger partial charge in [0.1, 0.15) is 5.82 Å². The van der Waals surface area contributed by atoms with E-state index in [2.05, 4.69) is 15.6 Å². The Morgan fingerprint density at radius 2 is 1.67 bits per heavy atom. The fraction of sp³-hybridized carbons (Fsp3) is 0.300. The van der Waals surface area contributed by atoms with Crippen molar-refractivity contribution >= 4 is 41.5 Å². The fourth-order valence-electron chi connectivity index (χ4n) is 2.36. The third-order valence-electron chi connectivity index (χ3n) is 4.09. The highest BCUT2D eigenvalue weighted by Crippen LogP contribution is 2.12. The number of nitro groups is 1. The van der Waals surface area contributed by atoms with E-state index in [4.69, 9.17) is 0 Å². The lowest BCUT2D eigenvalue weighted by Gasteiger charge is -2.15. The van der Waals surface area contributed by atoms with Gasteiger partial charge in [0.25, 0.3) is 5.69 Å². The van der Waals surface area contributed by atoms with Crippen molar-refractivity contribution in [2.24, 2.45) is 4.99 Å². The number of hydrogen-bond acceptors (Lipinski definition) is 4. The molecule has 162 valence electrons. The first-order valence-corrected chi connectivity index (χ1v) is 9.05. The van der Waals surface area contributed by atoms with Crippen LogP contribution in [0.3, 0.4) is 0 Å². The average molecular weight is 529 g/mol. The predicted molar refractivity (Wildman–Crippen MR) is 124 cm³/mol. The van der Waals surface area contributed by atoms with Crippen LogP contribution in [0.25, 0.3) is 0 Å². The molecule has 0 heterocycles. The highest BCUT2D eigenvalue weighted by molar-refractivity contribution is 14.0. The molecule has 1 amide bonds. The number of non-ortho nitro benzene ring substituents is 1. The molecular formula is C20H25FIN5O3. The van der Waals surface area contributed by atoms with Crippen molar-refractivity contribution in [1.82, 2.24) is 15.5 Å². The van der Waals surface area contributed by atoms with Crippen LogP contribution in [-0.2, 0) is 17.8 Å². The Morgan fingerprint density at radius 1 is 1.07 bits per heavy atom. The average Bonchev–Trinajstić information content (AvgIpc) is 2.71. The van der Waals surface area contributed by atoms with E-state index < -0.39 is 4.92 Å². The normalized spacial score (nSPS) is 10.7. The number of aliphatic imine (C=N–C) groups is 1. The molecule has 0 bridgehead atoms. The second kappa shape index (κ2) is 12.7. The van der Waals surface area contributed by atoms with Crippen LogP contribution in [0.5, 0.6) is 0 Å². The Kier molecular flexibility index (Phi) is 10.7. The Morgan fingerprint density at radius 3 is 2.23 bits per heavy atom. The zero-order chi connectivity index (χ0) is 21.2. The summed E-state index contributed by atoms with van der Waals surface area (Å²) in [7, 11) is 3.33. The summed E-state index contributed by atoms with van der Waals surface area (Å²) in [5, 5.41) is 16.9. The smallest absolute Gasteiger partial charge is 0.269 e. The van der Waals surface area contributed by atoms with Crippen molar-refractivity contribution in [2.75, 3.05) is 27.2 Å². The summed E-state index contributed by atoms with van der Waals surface area (Å²) in [5.41, 5.74) is 1.79. The van der Waals surface area contributed by atoms with Crippen LogP contribution in [0.4, 0.5) is 10.1 Å². The van der Waals surface area contributed by atoms with E-state index in [1.807, 2.05) is 0 Å². The van der Waals surface area contributed by atoms with E-state index in [9.17, 15) is 19.3 Å². The van der Waals surface area contributed by atoms with Gasteiger partial charge in [0, 0.05) is 32.8 Å². The molecule has 2 aromatic carbocycles. The molecule has 8 nitrogen and oxygen atoms in total. The molecule has 0 aliphatic heterocycles. The Labute approximate surface area is 191 Å². The second-order valence-electron chi connectivity index (χ2n) is 6.53. The molecule has 0 spiro atoms. The number of hydrogen-bond donors (Lipinski definition) is 2. The summed E-state index contributed by atoms with van der Waals surface area (Å²) < 4.78 is 13.0. The summed E-state index contributed by atoms with van der Waals surface area (Å²) in [4.78, 5) is 28.0. The van der Waals surface area contributed by atoms with Gasteiger partial charge >= 0.3 is 0 Å². The fourth-order valence-corrected chi connectivity index (χ4v) is 2.36. The van der Waals surface area contributed by atoms with Gasteiger partial charge in [0.15, 0.2) is 5.96 Å². The molecular weight excluding hydrogens is 504 g/mol. The van der Waals surface area contributed by atoms with Gasteiger partial charge in [-0.25, -0.2) is 9.38 Å². The number of guanidine groups is 1. The molecule has 0 aromatic heterocycles. The van der Waals surface area contributed by atoms with Crippen molar-refractivity contribution in [3.63, 3.8) is 0 Å². The first-order chi connectivity index (χ1) is 13.8. The van der Waals surface area contributed by atoms with E-state index in [-0.39, 0.29) is 47.9 Å². The molecule has 0 aliphatic carbocycles. The topological polar surface area (TPSA) is 99.9 Å². The number of rotatable bonds is 8. The molecule has 0 saturated carbocycles. The minimum atomic E-state index is -0.454. The summed E-state index contributed by atoms with van der Waals surface area (Å²) >= 11 is 0. The van der Waals surface area contributed by atoms with Crippen molar-refractivity contribution in [2.45, 2.75) is 13.0 Å². The van der Waals surface area contributed by atoms with Gasteiger partial charge in [-0.15, -0.1) is 24.0 Å². The van der Waals surface area contributed by atoms with Crippen LogP contribution in [0, 0.1) is 15.9 Å². The third kappa shape index (κ3) is 8.72. The molecule has 0 unspecified atom stereocenters. The van der Waals surface area contributed by atoms with Gasteiger partial charge < -0.3 is 15.5 Å². The Balaban J connectivity index is 0.00000450. The summed E-state index contributed by atoms with van der Waals surface area (Å²) in [6.07, 6.45) is 0.653. The number of likely N-dealkylation sites (N-methyl/N-ethyl adjacent to an activating group) is 1. The standard InChI is InChI=1S/C20H24FN5O3.HI/c1-25(2)19(27)14-24-20(22-12-11-15-3-7-17(21)8-4-15)23-13-16-5-9-18(10-6-16)26(28)29;/h3-10H,11-14H2,1-2H3,(H2,22,23,24);1H. The van der Waals surface area contributed by atoms with Crippen LogP contribution < -0.4 is 10.6 Å². The second-order valence-corrected chi connectivity index (χ2v) is 6.53. The van der Waals surface area contributed by atoms with Crippen LogP contribution in [-0.4, -0.2) is 48.9 Å². The van der Waals surface area contributed by atoms with Gasteiger partial charge in [0.2, 0.25) is 5.91 Å². The quantitative estimate of drug-likeness (QED) is 0.180. The van der Waals surface area contributed by atoms with E-state index in [0.717, 1.165) is 11.1 Å². The van der Waals surface area contributed by atoms with Crippen LogP contribution in [0.1, 0.15) is 11.1 Å². The summed E-state index contributed by atoms with van der Waals surface area (Å²) in [6.45, 7) is 0.906. The lowest BCUT2D eigenvalue weighted by Crippen LogP contribution is -2.43. The number of nitrogens with zero attached hydrogens (tertiary/aromatic N) is 3. The molecule has 0 atom stereocenters. The molecule has 0 fully saturated rings. The molecule has 0 radical (unpaired) electrons. The molecule has 2 N–H and O–H groups in total. The van der Waals surface area contributed by atoms with E-state index >= 15 is 0 Å². The predicted octanol–water partition coefficient (Wildman–Crippen LogP) is 2.72. The zero-order valence-corrected chi connectivity index (χ0v) is 19.1. The highest BCUT2D eigenvalue weighted by Gasteiger charge is 2.07. The largest absolute Gasteiger partial charge is 0.356 e. The van der Waals surface area contributed by atoms with Crippen molar-refractivity contribution in [1.29, 1.82) is 0 Å². The molecule has 2 rings (SSSR count). The lowest BCUT2D eigenvalue weighted by molar-refractivity contribution is -0.384. The van der Waals surface area contributed by atoms with Crippen molar-refractivity contribution in [3.05, 3.63) is 75.6 Å². The van der Waals surface area contributed by atoms with Gasteiger partial charge in [-0.05, 0) is 29.7 Å². The van der Waals surface area contributed by atoms with Gasteiger partial charge in [-0.3, -0.25) is 14.9 Å². The lowest BCUT2D eigenvalue weighted by atomic mass is 10.1. The van der Waals surface area contributed by atoms with Gasteiger partial charge in [0.05, 0.1) is 18.0 Å². The highest BCUT2D eigenvalue weighted by atomic mass is 127. The summed E-state index contributed by atoms with van der Waals surface area (Å²) in [5.74, 6) is 0.0601. The molecule has 2 aromatic rings. The van der Waals surface area contributed by atoms with E-state index in [1.54, 1.807) is 38.4 Å². The summed E-state index contributed by atoms with van der Waals surface area (Å²) in [6, 6.07) is 12.4. The number of halogens is 2. The minimum absolute atomic E-state index is 0.